The third-order valence-electron chi connectivity index (χ3n) is 2.11. The quantitative estimate of drug-likeness (QED) is 0.721. The minimum absolute atomic E-state index is 0.976. The molecule has 0 heterocycles. The average Bonchev–Trinajstić information content (AvgIpc) is 2.08. The molecule has 12 heavy (non-hydrogen) atoms. The molecule has 0 radical (unpaired) electrons. The highest BCUT2D eigenvalue weighted by Crippen LogP contribution is 2.11. The summed E-state index contributed by atoms with van der Waals surface area (Å²) in [6.07, 6.45) is 1.12. The van der Waals surface area contributed by atoms with E-state index < -0.39 is 0 Å². The van der Waals surface area contributed by atoms with E-state index in [1.165, 1.54) is 16.7 Å². The molecule has 0 aliphatic carbocycles. The fourth-order valence-corrected chi connectivity index (χ4v) is 1.45. The molecule has 0 spiro atoms. The lowest BCUT2D eigenvalue weighted by atomic mass is 10.0. The van der Waals surface area contributed by atoms with Crippen molar-refractivity contribution in [1.29, 1.82) is 0 Å². The monoisotopic (exact) mass is 163 g/mol. The molecule has 1 aromatic rings. The van der Waals surface area contributed by atoms with Gasteiger partial charge in [0.2, 0.25) is 0 Å². The Labute approximate surface area is 74.8 Å². The van der Waals surface area contributed by atoms with E-state index >= 15 is 0 Å². The fourth-order valence-electron chi connectivity index (χ4n) is 1.45. The van der Waals surface area contributed by atoms with Crippen molar-refractivity contribution in [2.75, 3.05) is 7.05 Å². The Bertz CT molecular complexity index is 253. The van der Waals surface area contributed by atoms with Crippen LogP contribution in [0.4, 0.5) is 0 Å². The Morgan fingerprint density at radius 1 is 1.25 bits per heavy atom. The Morgan fingerprint density at radius 3 is 2.58 bits per heavy atom. The van der Waals surface area contributed by atoms with E-state index in [9.17, 15) is 0 Å². The molecule has 1 aromatic carbocycles. The molecule has 0 saturated carbocycles. The Hall–Kier alpha value is -0.820. The minimum atomic E-state index is 0.976. The molecule has 66 valence electrons. The number of rotatable bonds is 3. The van der Waals surface area contributed by atoms with Crippen molar-refractivity contribution in [2.45, 2.75) is 26.8 Å². The maximum Gasteiger partial charge on any atom is 0.0205 e. The van der Waals surface area contributed by atoms with Crippen LogP contribution in [-0.4, -0.2) is 7.05 Å². The van der Waals surface area contributed by atoms with Gasteiger partial charge in [-0.05, 0) is 31.5 Å². The van der Waals surface area contributed by atoms with E-state index in [4.69, 9.17) is 0 Å². The molecule has 0 aliphatic rings. The first-order valence-corrected chi connectivity index (χ1v) is 4.51. The molecule has 1 nitrogen and oxygen atoms in total. The van der Waals surface area contributed by atoms with Gasteiger partial charge in [-0.3, -0.25) is 0 Å². The van der Waals surface area contributed by atoms with E-state index in [1.807, 2.05) is 7.05 Å². The van der Waals surface area contributed by atoms with E-state index in [0.29, 0.717) is 0 Å². The molecule has 0 fully saturated rings. The molecular formula is C11H17N. The third-order valence-corrected chi connectivity index (χ3v) is 2.11. The molecule has 0 amide bonds. The summed E-state index contributed by atoms with van der Waals surface area (Å²) in [6, 6.07) is 6.66. The highest BCUT2D eigenvalue weighted by Gasteiger charge is 1.98. The van der Waals surface area contributed by atoms with Crippen LogP contribution < -0.4 is 5.32 Å². The predicted molar refractivity (Wildman–Crippen MR) is 53.3 cm³/mol. The summed E-state index contributed by atoms with van der Waals surface area (Å²) in [5, 5.41) is 3.18. The highest BCUT2D eigenvalue weighted by atomic mass is 14.8. The van der Waals surface area contributed by atoms with Crippen LogP contribution in [0.5, 0.6) is 0 Å². The first-order valence-electron chi connectivity index (χ1n) is 4.51. The molecule has 0 bridgehead atoms. The van der Waals surface area contributed by atoms with Crippen molar-refractivity contribution in [3.63, 3.8) is 0 Å². The van der Waals surface area contributed by atoms with Crippen molar-refractivity contribution in [3.05, 3.63) is 34.9 Å². The van der Waals surface area contributed by atoms with Gasteiger partial charge in [0.25, 0.3) is 0 Å². The lowest BCUT2D eigenvalue weighted by molar-refractivity contribution is 0.805. The second-order valence-corrected chi connectivity index (χ2v) is 3.16. The Morgan fingerprint density at radius 2 is 2.00 bits per heavy atom. The molecular weight excluding hydrogens is 146 g/mol. The number of benzene rings is 1. The average molecular weight is 163 g/mol. The highest BCUT2D eigenvalue weighted by molar-refractivity contribution is 5.31. The van der Waals surface area contributed by atoms with Gasteiger partial charge in [-0.1, -0.05) is 30.7 Å². The lowest BCUT2D eigenvalue weighted by Crippen LogP contribution is -2.07. The van der Waals surface area contributed by atoms with E-state index in [-0.39, 0.29) is 0 Å². The van der Waals surface area contributed by atoms with Gasteiger partial charge in [0.15, 0.2) is 0 Å². The molecule has 0 aliphatic heterocycles. The molecule has 0 aromatic heterocycles. The molecule has 1 rings (SSSR count). The van der Waals surface area contributed by atoms with Gasteiger partial charge in [0.05, 0.1) is 0 Å². The second-order valence-electron chi connectivity index (χ2n) is 3.16. The number of nitrogens with one attached hydrogen (secondary N) is 1. The van der Waals surface area contributed by atoms with Crippen LogP contribution >= 0.6 is 0 Å². The second kappa shape index (κ2) is 4.27. The molecule has 0 unspecified atom stereocenters. The van der Waals surface area contributed by atoms with E-state index in [1.54, 1.807) is 0 Å². The number of hydrogen-bond acceptors (Lipinski definition) is 1. The minimum Gasteiger partial charge on any atom is -0.316 e. The van der Waals surface area contributed by atoms with Gasteiger partial charge < -0.3 is 5.32 Å². The Kier molecular flexibility index (Phi) is 3.30. The maximum atomic E-state index is 3.18. The van der Waals surface area contributed by atoms with Gasteiger partial charge in [-0.15, -0.1) is 0 Å². The van der Waals surface area contributed by atoms with Gasteiger partial charge in [-0.2, -0.15) is 0 Å². The first kappa shape index (κ1) is 9.27. The summed E-state index contributed by atoms with van der Waals surface area (Å²) in [5.74, 6) is 0. The zero-order valence-electron chi connectivity index (χ0n) is 8.15. The lowest BCUT2D eigenvalue weighted by Gasteiger charge is -2.07. The standard InChI is InChI=1S/C11H17N/c1-4-10-7-9(2)5-6-11(10)8-12-3/h5-7,12H,4,8H2,1-3H3. The fraction of sp³-hybridized carbons (Fsp3) is 0.455. The van der Waals surface area contributed by atoms with Crippen LogP contribution in [0.1, 0.15) is 23.6 Å². The van der Waals surface area contributed by atoms with Crippen LogP contribution in [0.25, 0.3) is 0 Å². The SMILES string of the molecule is CCc1cc(C)ccc1CNC. The third kappa shape index (κ3) is 2.08. The molecule has 1 N–H and O–H groups in total. The smallest absolute Gasteiger partial charge is 0.0205 e. The molecule has 1 heteroatoms. The van der Waals surface area contributed by atoms with Crippen LogP contribution in [-0.2, 0) is 13.0 Å². The van der Waals surface area contributed by atoms with Gasteiger partial charge >= 0.3 is 0 Å². The van der Waals surface area contributed by atoms with Crippen LogP contribution in [0.2, 0.25) is 0 Å². The molecule has 0 saturated heterocycles. The first-order chi connectivity index (χ1) is 5.77. The zero-order chi connectivity index (χ0) is 8.97. The van der Waals surface area contributed by atoms with E-state index in [0.717, 1.165) is 13.0 Å². The largest absolute Gasteiger partial charge is 0.316 e. The zero-order valence-corrected chi connectivity index (χ0v) is 8.15. The summed E-state index contributed by atoms with van der Waals surface area (Å²) in [7, 11) is 1.99. The van der Waals surface area contributed by atoms with Crippen LogP contribution in [0.3, 0.4) is 0 Å². The Balaban J connectivity index is 2.94. The van der Waals surface area contributed by atoms with Gasteiger partial charge in [0.1, 0.15) is 0 Å². The van der Waals surface area contributed by atoms with Crippen LogP contribution in [0.15, 0.2) is 18.2 Å². The van der Waals surface area contributed by atoms with Crippen molar-refractivity contribution >= 4 is 0 Å². The predicted octanol–water partition coefficient (Wildman–Crippen LogP) is 2.28. The van der Waals surface area contributed by atoms with Crippen LogP contribution in [0, 0.1) is 6.92 Å². The van der Waals surface area contributed by atoms with Gasteiger partial charge in [-0.25, -0.2) is 0 Å². The summed E-state index contributed by atoms with van der Waals surface area (Å²) >= 11 is 0. The summed E-state index contributed by atoms with van der Waals surface area (Å²) in [4.78, 5) is 0. The summed E-state index contributed by atoms with van der Waals surface area (Å²) in [5.41, 5.74) is 4.24. The summed E-state index contributed by atoms with van der Waals surface area (Å²) < 4.78 is 0. The van der Waals surface area contributed by atoms with Gasteiger partial charge in [0, 0.05) is 6.54 Å². The van der Waals surface area contributed by atoms with Crippen molar-refractivity contribution in [2.24, 2.45) is 0 Å². The number of aryl methyl sites for hydroxylation is 2. The normalized spacial score (nSPS) is 10.2. The maximum absolute atomic E-state index is 3.18. The van der Waals surface area contributed by atoms with Crippen molar-refractivity contribution in [3.8, 4) is 0 Å². The molecule has 0 atom stereocenters. The number of hydrogen-bond donors (Lipinski definition) is 1. The van der Waals surface area contributed by atoms with Crippen molar-refractivity contribution in [1.82, 2.24) is 5.32 Å². The van der Waals surface area contributed by atoms with Crippen molar-refractivity contribution < 1.29 is 0 Å². The topological polar surface area (TPSA) is 12.0 Å². The van der Waals surface area contributed by atoms with E-state index in [2.05, 4.69) is 37.4 Å². The summed E-state index contributed by atoms with van der Waals surface area (Å²) in [6.45, 7) is 5.32.